The van der Waals surface area contributed by atoms with E-state index in [1.165, 1.54) is 0 Å². The van der Waals surface area contributed by atoms with Crippen LogP contribution in [0.2, 0.25) is 0 Å². The Morgan fingerprint density at radius 2 is 2.16 bits per heavy atom. The summed E-state index contributed by atoms with van der Waals surface area (Å²) in [4.78, 5) is 11.4. The molecule has 1 fully saturated rings. The van der Waals surface area contributed by atoms with Gasteiger partial charge in [0.15, 0.2) is 0 Å². The Kier molecular flexibility index (Phi) is 4.76. The highest BCUT2D eigenvalue weighted by molar-refractivity contribution is 5.67. The van der Waals surface area contributed by atoms with Crippen LogP contribution in [0.5, 0.6) is 0 Å². The number of hydrogen-bond acceptors (Lipinski definition) is 4. The first kappa shape index (κ1) is 13.8. The average Bonchev–Trinajstić information content (AvgIpc) is 3.23. The summed E-state index contributed by atoms with van der Waals surface area (Å²) in [5.41, 5.74) is 0.624. The van der Waals surface area contributed by atoms with Crippen LogP contribution in [-0.2, 0) is 16.1 Å². The summed E-state index contributed by atoms with van der Waals surface area (Å²) in [5.74, 6) is 0. The number of carbonyl (C=O) groups is 1. The second-order valence-corrected chi connectivity index (χ2v) is 4.72. The van der Waals surface area contributed by atoms with Gasteiger partial charge in [0.1, 0.15) is 12.2 Å². The predicted octanol–water partition coefficient (Wildman–Crippen LogP) is 1.45. The van der Waals surface area contributed by atoms with Gasteiger partial charge in [-0.2, -0.15) is 0 Å². The standard InChI is InChI=1S/C14H19NO4/c16-10-14(11-19-14)7-4-8-15-13(17)18-9-12-5-2-1-3-6-12/h1-3,5-6,16H,4,7-11H2,(H,15,17). The van der Waals surface area contributed by atoms with Crippen LogP contribution in [0.1, 0.15) is 18.4 Å². The van der Waals surface area contributed by atoms with Gasteiger partial charge in [0.25, 0.3) is 0 Å². The first-order valence-electron chi connectivity index (χ1n) is 6.43. The Balaban J connectivity index is 1.55. The highest BCUT2D eigenvalue weighted by Crippen LogP contribution is 2.30. The first-order chi connectivity index (χ1) is 9.24. The van der Waals surface area contributed by atoms with Gasteiger partial charge in [-0.3, -0.25) is 0 Å². The third-order valence-corrected chi connectivity index (χ3v) is 3.13. The first-order valence-corrected chi connectivity index (χ1v) is 6.43. The molecule has 1 unspecified atom stereocenters. The lowest BCUT2D eigenvalue weighted by Gasteiger charge is -2.09. The monoisotopic (exact) mass is 265 g/mol. The van der Waals surface area contributed by atoms with Crippen molar-refractivity contribution in [2.45, 2.75) is 25.0 Å². The van der Waals surface area contributed by atoms with Crippen molar-refractivity contribution in [3.05, 3.63) is 35.9 Å². The molecule has 0 saturated carbocycles. The van der Waals surface area contributed by atoms with Crippen molar-refractivity contribution < 1.29 is 19.4 Å². The van der Waals surface area contributed by atoms with E-state index in [2.05, 4.69) is 5.32 Å². The van der Waals surface area contributed by atoms with E-state index in [1.807, 2.05) is 30.3 Å². The number of rotatable bonds is 7. The van der Waals surface area contributed by atoms with Gasteiger partial charge in [0, 0.05) is 6.54 Å². The Hall–Kier alpha value is -1.59. The fraction of sp³-hybridized carbons (Fsp3) is 0.500. The van der Waals surface area contributed by atoms with Gasteiger partial charge < -0.3 is 19.9 Å². The van der Waals surface area contributed by atoms with E-state index >= 15 is 0 Å². The molecular formula is C14H19NO4. The molecule has 1 atom stereocenters. The van der Waals surface area contributed by atoms with Gasteiger partial charge >= 0.3 is 6.09 Å². The van der Waals surface area contributed by atoms with E-state index in [1.54, 1.807) is 0 Å². The van der Waals surface area contributed by atoms with Crippen molar-refractivity contribution in [2.75, 3.05) is 19.8 Å². The van der Waals surface area contributed by atoms with Crippen molar-refractivity contribution in [3.63, 3.8) is 0 Å². The molecule has 0 bridgehead atoms. The molecule has 1 amide bonds. The SMILES string of the molecule is O=C(NCCCC1(CO)CO1)OCc1ccccc1. The number of nitrogens with one attached hydrogen (secondary N) is 1. The maximum Gasteiger partial charge on any atom is 0.407 e. The number of benzene rings is 1. The number of amides is 1. The molecular weight excluding hydrogens is 246 g/mol. The fourth-order valence-electron chi connectivity index (χ4n) is 1.79. The van der Waals surface area contributed by atoms with E-state index in [-0.39, 0.29) is 18.8 Å². The Bertz CT molecular complexity index is 403. The molecule has 1 aromatic rings. The summed E-state index contributed by atoms with van der Waals surface area (Å²) in [5, 5.41) is 11.7. The molecule has 104 valence electrons. The number of aliphatic hydroxyl groups is 1. The molecule has 1 heterocycles. The lowest BCUT2D eigenvalue weighted by Crippen LogP contribution is -2.27. The van der Waals surface area contributed by atoms with Gasteiger partial charge in [0.05, 0.1) is 13.2 Å². The molecule has 1 aliphatic heterocycles. The molecule has 0 radical (unpaired) electrons. The molecule has 1 aromatic carbocycles. The number of carbonyl (C=O) groups excluding carboxylic acids is 1. The molecule has 5 nitrogen and oxygen atoms in total. The largest absolute Gasteiger partial charge is 0.445 e. The van der Waals surface area contributed by atoms with Gasteiger partial charge in [-0.05, 0) is 18.4 Å². The van der Waals surface area contributed by atoms with Crippen LogP contribution in [0, 0.1) is 0 Å². The molecule has 0 aliphatic carbocycles. The quantitative estimate of drug-likeness (QED) is 0.578. The van der Waals surface area contributed by atoms with Crippen molar-refractivity contribution >= 4 is 6.09 Å². The van der Waals surface area contributed by atoms with Crippen LogP contribution in [0.15, 0.2) is 30.3 Å². The second-order valence-electron chi connectivity index (χ2n) is 4.72. The van der Waals surface area contributed by atoms with Crippen LogP contribution in [0.3, 0.4) is 0 Å². The lowest BCUT2D eigenvalue weighted by molar-refractivity contribution is 0.137. The maximum atomic E-state index is 11.4. The molecule has 1 saturated heterocycles. The minimum absolute atomic E-state index is 0.0471. The van der Waals surface area contributed by atoms with E-state index < -0.39 is 6.09 Å². The van der Waals surface area contributed by atoms with E-state index in [0.29, 0.717) is 13.2 Å². The number of epoxide rings is 1. The van der Waals surface area contributed by atoms with Gasteiger partial charge in [0.2, 0.25) is 0 Å². The third-order valence-electron chi connectivity index (χ3n) is 3.13. The summed E-state index contributed by atoms with van der Waals surface area (Å²) in [6.45, 7) is 1.46. The van der Waals surface area contributed by atoms with Gasteiger partial charge in [-0.1, -0.05) is 30.3 Å². The Morgan fingerprint density at radius 3 is 2.79 bits per heavy atom. The zero-order valence-corrected chi connectivity index (χ0v) is 10.8. The number of aliphatic hydroxyl groups excluding tert-OH is 1. The summed E-state index contributed by atoms with van der Waals surface area (Å²) >= 11 is 0. The molecule has 19 heavy (non-hydrogen) atoms. The van der Waals surface area contributed by atoms with Gasteiger partial charge in [-0.25, -0.2) is 4.79 Å². The van der Waals surface area contributed by atoms with Crippen LogP contribution in [-0.4, -0.2) is 36.6 Å². The van der Waals surface area contributed by atoms with Crippen LogP contribution in [0.4, 0.5) is 4.79 Å². The smallest absolute Gasteiger partial charge is 0.407 e. The van der Waals surface area contributed by atoms with Crippen molar-refractivity contribution in [1.82, 2.24) is 5.32 Å². The molecule has 0 aromatic heterocycles. The highest BCUT2D eigenvalue weighted by atomic mass is 16.6. The minimum Gasteiger partial charge on any atom is -0.445 e. The predicted molar refractivity (Wildman–Crippen MR) is 69.6 cm³/mol. The van der Waals surface area contributed by atoms with E-state index in [4.69, 9.17) is 14.6 Å². The zero-order chi connectivity index (χ0) is 13.6. The molecule has 1 aliphatic rings. The van der Waals surface area contributed by atoms with Crippen molar-refractivity contribution in [1.29, 1.82) is 0 Å². The molecule has 0 spiro atoms. The van der Waals surface area contributed by atoms with Crippen LogP contribution in [0.25, 0.3) is 0 Å². The number of ether oxygens (including phenoxy) is 2. The number of hydrogen-bond donors (Lipinski definition) is 2. The van der Waals surface area contributed by atoms with E-state index in [0.717, 1.165) is 18.4 Å². The van der Waals surface area contributed by atoms with E-state index in [9.17, 15) is 4.79 Å². The summed E-state index contributed by atoms with van der Waals surface area (Å²) in [7, 11) is 0. The Morgan fingerprint density at radius 1 is 1.42 bits per heavy atom. The molecule has 5 heteroatoms. The average molecular weight is 265 g/mol. The van der Waals surface area contributed by atoms with Gasteiger partial charge in [-0.15, -0.1) is 0 Å². The second kappa shape index (κ2) is 6.54. The van der Waals surface area contributed by atoms with Crippen molar-refractivity contribution in [3.8, 4) is 0 Å². The summed E-state index contributed by atoms with van der Waals surface area (Å²) < 4.78 is 10.2. The highest BCUT2D eigenvalue weighted by Gasteiger charge is 2.43. The maximum absolute atomic E-state index is 11.4. The topological polar surface area (TPSA) is 71.1 Å². The minimum atomic E-state index is -0.418. The fourth-order valence-corrected chi connectivity index (χ4v) is 1.79. The van der Waals surface area contributed by atoms with Crippen molar-refractivity contribution in [2.24, 2.45) is 0 Å². The lowest BCUT2D eigenvalue weighted by atomic mass is 10.1. The Labute approximate surface area is 112 Å². The molecule has 2 rings (SSSR count). The molecule has 2 N–H and O–H groups in total. The zero-order valence-electron chi connectivity index (χ0n) is 10.8. The van der Waals surface area contributed by atoms with Crippen LogP contribution < -0.4 is 5.32 Å². The number of alkyl carbamates (subject to hydrolysis) is 1. The summed E-state index contributed by atoms with van der Waals surface area (Å²) in [6.07, 6.45) is 1.10. The third kappa shape index (κ3) is 4.54. The van der Waals surface area contributed by atoms with Crippen LogP contribution >= 0.6 is 0 Å². The summed E-state index contributed by atoms with van der Waals surface area (Å²) in [6, 6.07) is 9.53. The normalized spacial score (nSPS) is 20.9.